The summed E-state index contributed by atoms with van der Waals surface area (Å²) in [6.07, 6.45) is 0.878. The van der Waals surface area contributed by atoms with Gasteiger partial charge < -0.3 is 14.4 Å². The van der Waals surface area contributed by atoms with E-state index in [0.29, 0.717) is 18.1 Å². The number of carbonyl (C=O) groups is 1. The number of anilines is 3. The molecule has 0 aliphatic carbocycles. The molecule has 3 aromatic rings. The first-order chi connectivity index (χ1) is 12.7. The van der Waals surface area contributed by atoms with Gasteiger partial charge in [-0.3, -0.25) is 4.79 Å². The Kier molecular flexibility index (Phi) is 5.92. The zero-order valence-electron chi connectivity index (χ0n) is 14.8. The predicted octanol–water partition coefficient (Wildman–Crippen LogP) is 5.83. The summed E-state index contributed by atoms with van der Waals surface area (Å²) in [7, 11) is 0. The summed E-state index contributed by atoms with van der Waals surface area (Å²) in [4.78, 5) is 13.9. The molecule has 0 N–H and O–H groups in total. The zero-order chi connectivity index (χ0) is 18.4. The second-order valence-corrected chi connectivity index (χ2v) is 6.58. The Morgan fingerprint density at radius 2 is 1.31 bits per heavy atom. The van der Waals surface area contributed by atoms with Crippen LogP contribution in [0.2, 0.25) is 0 Å². The Labute approximate surface area is 157 Å². The Morgan fingerprint density at radius 3 is 1.69 bits per heavy atom. The van der Waals surface area contributed by atoms with Crippen molar-refractivity contribution in [3.05, 3.63) is 65.5 Å². The molecule has 0 saturated carbocycles. The fraction of sp³-hybridized carbons (Fsp3) is 0.190. The number of nitrogens with zero attached hydrogens (tertiary/aromatic N) is 1. The Bertz CT molecular complexity index is 791. The number of carbonyl (C=O) groups excluding carboxylic acids is 1. The lowest BCUT2D eigenvalue weighted by Crippen LogP contribution is -2.08. The van der Waals surface area contributed by atoms with E-state index in [1.54, 1.807) is 0 Å². The highest BCUT2D eigenvalue weighted by Crippen LogP contribution is 2.39. The van der Waals surface area contributed by atoms with E-state index in [-0.39, 0.29) is 0 Å². The maximum absolute atomic E-state index is 11.1. The van der Waals surface area contributed by atoms with Crippen molar-refractivity contribution in [2.75, 3.05) is 18.1 Å². The molecule has 0 atom stereocenters. The summed E-state index contributed by atoms with van der Waals surface area (Å²) < 4.78 is 11.1. The molecule has 0 fully saturated rings. The molecule has 2 aromatic carbocycles. The van der Waals surface area contributed by atoms with E-state index in [1.165, 1.54) is 11.3 Å². The van der Waals surface area contributed by atoms with Gasteiger partial charge in [-0.05, 0) is 74.5 Å². The number of rotatable bonds is 8. The summed E-state index contributed by atoms with van der Waals surface area (Å²) in [5.74, 6) is 1.67. The third kappa shape index (κ3) is 4.06. The van der Waals surface area contributed by atoms with Crippen molar-refractivity contribution >= 4 is 34.0 Å². The molecule has 0 aliphatic rings. The van der Waals surface area contributed by atoms with Gasteiger partial charge in [-0.1, -0.05) is 0 Å². The minimum Gasteiger partial charge on any atom is -0.494 e. The van der Waals surface area contributed by atoms with E-state index in [1.807, 2.05) is 74.5 Å². The number of benzene rings is 2. The minimum atomic E-state index is 0.634. The molecule has 0 saturated heterocycles. The second-order valence-electron chi connectivity index (χ2n) is 5.48. The minimum absolute atomic E-state index is 0.634. The van der Waals surface area contributed by atoms with Crippen LogP contribution in [0.4, 0.5) is 16.4 Å². The van der Waals surface area contributed by atoms with Crippen molar-refractivity contribution in [2.24, 2.45) is 0 Å². The molecule has 5 heteroatoms. The number of aldehydes is 1. The van der Waals surface area contributed by atoms with E-state index >= 15 is 0 Å². The van der Waals surface area contributed by atoms with Crippen molar-refractivity contribution in [1.29, 1.82) is 0 Å². The Hall–Kier alpha value is -2.79. The lowest BCUT2D eigenvalue weighted by atomic mass is 10.2. The molecule has 26 heavy (non-hydrogen) atoms. The first-order valence-electron chi connectivity index (χ1n) is 8.56. The SMILES string of the molecule is CCOc1ccc(N(c2ccc(OCC)cc2)c2ccc(C=O)s2)cc1. The predicted molar refractivity (Wildman–Crippen MR) is 107 cm³/mol. The highest BCUT2D eigenvalue weighted by molar-refractivity contribution is 7.17. The summed E-state index contributed by atoms with van der Waals surface area (Å²) >= 11 is 1.45. The highest BCUT2D eigenvalue weighted by Gasteiger charge is 2.15. The van der Waals surface area contributed by atoms with Crippen molar-refractivity contribution in [2.45, 2.75) is 13.8 Å². The monoisotopic (exact) mass is 367 g/mol. The summed E-state index contributed by atoms with van der Waals surface area (Å²) in [6.45, 7) is 5.20. The lowest BCUT2D eigenvalue weighted by Gasteiger charge is -2.24. The maximum atomic E-state index is 11.1. The first kappa shape index (κ1) is 18.0. The van der Waals surface area contributed by atoms with E-state index < -0.39 is 0 Å². The molecule has 0 aliphatic heterocycles. The van der Waals surface area contributed by atoms with Gasteiger partial charge >= 0.3 is 0 Å². The standard InChI is InChI=1S/C21H21NO3S/c1-3-24-18-9-5-16(6-10-18)22(21-14-13-20(15-23)26-21)17-7-11-19(12-8-17)25-4-2/h5-15H,3-4H2,1-2H3. The van der Waals surface area contributed by atoms with Crippen LogP contribution in [0.5, 0.6) is 11.5 Å². The third-order valence-electron chi connectivity index (χ3n) is 3.76. The van der Waals surface area contributed by atoms with Gasteiger partial charge in [0.25, 0.3) is 0 Å². The molecule has 3 rings (SSSR count). The van der Waals surface area contributed by atoms with Crippen LogP contribution in [0.25, 0.3) is 0 Å². The summed E-state index contributed by atoms with van der Waals surface area (Å²) in [5, 5.41) is 0.973. The molecule has 0 spiro atoms. The topological polar surface area (TPSA) is 38.8 Å². The molecule has 0 bridgehead atoms. The van der Waals surface area contributed by atoms with Crippen molar-refractivity contribution in [3.63, 3.8) is 0 Å². The van der Waals surface area contributed by atoms with E-state index in [2.05, 4.69) is 4.90 Å². The number of ether oxygens (including phenoxy) is 2. The lowest BCUT2D eigenvalue weighted by molar-refractivity contribution is 0.112. The van der Waals surface area contributed by atoms with Gasteiger partial charge in [0.15, 0.2) is 6.29 Å². The van der Waals surface area contributed by atoms with Gasteiger partial charge in [-0.25, -0.2) is 0 Å². The average molecular weight is 367 g/mol. The van der Waals surface area contributed by atoms with Gasteiger partial charge in [0.05, 0.1) is 18.1 Å². The largest absolute Gasteiger partial charge is 0.494 e. The molecule has 1 heterocycles. The quantitative estimate of drug-likeness (QED) is 0.470. The van der Waals surface area contributed by atoms with Crippen LogP contribution in [0, 0.1) is 0 Å². The molecular formula is C21H21NO3S. The van der Waals surface area contributed by atoms with Gasteiger partial charge in [-0.15, -0.1) is 11.3 Å². The highest BCUT2D eigenvalue weighted by atomic mass is 32.1. The molecule has 1 aromatic heterocycles. The van der Waals surface area contributed by atoms with Crippen LogP contribution in [0.15, 0.2) is 60.7 Å². The van der Waals surface area contributed by atoms with Crippen LogP contribution in [0.1, 0.15) is 23.5 Å². The van der Waals surface area contributed by atoms with Crippen molar-refractivity contribution < 1.29 is 14.3 Å². The van der Waals surface area contributed by atoms with E-state index in [0.717, 1.165) is 34.2 Å². The fourth-order valence-electron chi connectivity index (χ4n) is 2.65. The van der Waals surface area contributed by atoms with Gasteiger partial charge in [0, 0.05) is 11.4 Å². The number of hydrogen-bond donors (Lipinski definition) is 0. The third-order valence-corrected chi connectivity index (χ3v) is 4.76. The number of hydrogen-bond acceptors (Lipinski definition) is 5. The summed E-state index contributed by atoms with van der Waals surface area (Å²) in [5.41, 5.74) is 1.99. The van der Waals surface area contributed by atoms with Crippen LogP contribution in [-0.4, -0.2) is 19.5 Å². The van der Waals surface area contributed by atoms with Crippen LogP contribution in [-0.2, 0) is 0 Å². The normalized spacial score (nSPS) is 10.4. The molecular weight excluding hydrogens is 346 g/mol. The smallest absolute Gasteiger partial charge is 0.160 e. The molecule has 134 valence electrons. The van der Waals surface area contributed by atoms with Crippen LogP contribution in [0.3, 0.4) is 0 Å². The second kappa shape index (κ2) is 8.54. The fourth-order valence-corrected chi connectivity index (χ4v) is 3.51. The van der Waals surface area contributed by atoms with Gasteiger partial charge in [-0.2, -0.15) is 0 Å². The Balaban J connectivity index is 1.99. The summed E-state index contributed by atoms with van der Waals surface area (Å²) in [6, 6.07) is 19.7. The molecule has 0 amide bonds. The molecule has 0 unspecified atom stereocenters. The Morgan fingerprint density at radius 1 is 0.808 bits per heavy atom. The van der Waals surface area contributed by atoms with E-state index in [9.17, 15) is 4.79 Å². The molecule has 4 nitrogen and oxygen atoms in total. The first-order valence-corrected chi connectivity index (χ1v) is 9.37. The zero-order valence-corrected chi connectivity index (χ0v) is 15.7. The average Bonchev–Trinajstić information content (AvgIpc) is 3.14. The van der Waals surface area contributed by atoms with Crippen molar-refractivity contribution in [1.82, 2.24) is 0 Å². The number of thiophene rings is 1. The van der Waals surface area contributed by atoms with Gasteiger partial charge in [0.2, 0.25) is 0 Å². The van der Waals surface area contributed by atoms with E-state index in [4.69, 9.17) is 9.47 Å². The molecule has 0 radical (unpaired) electrons. The maximum Gasteiger partial charge on any atom is 0.160 e. The van der Waals surface area contributed by atoms with Crippen LogP contribution >= 0.6 is 11.3 Å². The van der Waals surface area contributed by atoms with Gasteiger partial charge in [0.1, 0.15) is 16.5 Å². The van der Waals surface area contributed by atoms with Crippen molar-refractivity contribution in [3.8, 4) is 11.5 Å². The van der Waals surface area contributed by atoms with Crippen LogP contribution < -0.4 is 14.4 Å².